The standard InChI is InChI=1S/C21H18ClFN8/c1-24-14-3-5-18(29-11-14)25-6-9-28-21-30-12-16(20-26-7-8-27-20)19(31-21)15-4-2-13(23)10-17(15)22/h2-5,7-8,10-12H,1,6,9H2,(H,25,29)(H,26,27)(H,28,30,31)/p+1. The Morgan fingerprint density at radius 2 is 2.00 bits per heavy atom. The van der Waals surface area contributed by atoms with Crippen LogP contribution in [0.1, 0.15) is 0 Å². The van der Waals surface area contributed by atoms with Gasteiger partial charge in [-0.1, -0.05) is 16.6 Å². The predicted molar refractivity (Wildman–Crippen MR) is 119 cm³/mol. The number of nitrogens with one attached hydrogen (secondary N) is 4. The molecule has 1 aromatic carbocycles. The molecule has 8 nitrogen and oxygen atoms in total. The highest BCUT2D eigenvalue weighted by molar-refractivity contribution is 6.33. The van der Waals surface area contributed by atoms with Gasteiger partial charge in [-0.05, 0) is 37.0 Å². The van der Waals surface area contributed by atoms with Crippen LogP contribution in [0.25, 0.3) is 22.6 Å². The number of aromatic amines is 2. The molecule has 0 aliphatic carbocycles. The lowest BCUT2D eigenvalue weighted by molar-refractivity contribution is -0.364. The van der Waals surface area contributed by atoms with Crippen LogP contribution in [0.5, 0.6) is 0 Å². The second-order valence-corrected chi connectivity index (χ2v) is 6.89. The maximum atomic E-state index is 13.5. The third-order valence-electron chi connectivity index (χ3n) is 4.43. The fourth-order valence-corrected chi connectivity index (χ4v) is 3.20. The van der Waals surface area contributed by atoms with Gasteiger partial charge in [-0.15, -0.1) is 0 Å². The van der Waals surface area contributed by atoms with Crippen molar-refractivity contribution >= 4 is 35.8 Å². The Balaban J connectivity index is 1.51. The van der Waals surface area contributed by atoms with Crippen molar-refractivity contribution in [3.05, 3.63) is 66.0 Å². The van der Waals surface area contributed by atoms with Gasteiger partial charge in [0.1, 0.15) is 17.5 Å². The van der Waals surface area contributed by atoms with Gasteiger partial charge in [0.05, 0.1) is 35.2 Å². The Bertz CT molecular complexity index is 1180. The van der Waals surface area contributed by atoms with Gasteiger partial charge in [0, 0.05) is 24.5 Å². The first kappa shape index (κ1) is 20.4. The van der Waals surface area contributed by atoms with Crippen LogP contribution in [0, 0.1) is 5.82 Å². The lowest BCUT2D eigenvalue weighted by Crippen LogP contribution is -2.21. The van der Waals surface area contributed by atoms with E-state index in [1.165, 1.54) is 12.1 Å². The van der Waals surface area contributed by atoms with Crippen LogP contribution in [0.4, 0.5) is 21.8 Å². The van der Waals surface area contributed by atoms with Crippen molar-refractivity contribution in [1.29, 1.82) is 0 Å². The number of benzene rings is 1. The average Bonchev–Trinajstić information content (AvgIpc) is 3.32. The Morgan fingerprint density at radius 1 is 1.13 bits per heavy atom. The van der Waals surface area contributed by atoms with E-state index in [1.54, 1.807) is 30.9 Å². The van der Waals surface area contributed by atoms with E-state index in [-0.39, 0.29) is 5.02 Å². The van der Waals surface area contributed by atoms with Crippen LogP contribution in [-0.2, 0) is 0 Å². The highest BCUT2D eigenvalue weighted by atomic mass is 35.5. The second kappa shape index (κ2) is 9.31. The molecule has 31 heavy (non-hydrogen) atoms. The quantitative estimate of drug-likeness (QED) is 0.285. The van der Waals surface area contributed by atoms with E-state index in [1.807, 2.05) is 12.1 Å². The number of halogens is 2. The summed E-state index contributed by atoms with van der Waals surface area (Å²) in [6.45, 7) is 4.65. The summed E-state index contributed by atoms with van der Waals surface area (Å²) in [6.07, 6.45) is 6.78. The van der Waals surface area contributed by atoms with Gasteiger partial charge in [0.25, 0.3) is 0 Å². The summed E-state index contributed by atoms with van der Waals surface area (Å²) in [5.41, 5.74) is 2.60. The highest BCUT2D eigenvalue weighted by Crippen LogP contribution is 2.33. The van der Waals surface area contributed by atoms with Gasteiger partial charge in [-0.2, -0.15) is 0 Å². The molecule has 0 aliphatic heterocycles. The monoisotopic (exact) mass is 437 g/mol. The highest BCUT2D eigenvalue weighted by Gasteiger charge is 2.20. The number of pyridine rings is 1. The Labute approximate surface area is 182 Å². The van der Waals surface area contributed by atoms with E-state index in [0.29, 0.717) is 47.4 Å². The Hall–Kier alpha value is -3.85. The van der Waals surface area contributed by atoms with E-state index in [9.17, 15) is 4.39 Å². The molecular weight excluding hydrogens is 419 g/mol. The second-order valence-electron chi connectivity index (χ2n) is 6.49. The summed E-state index contributed by atoms with van der Waals surface area (Å²) in [6, 6.07) is 7.88. The molecule has 0 spiro atoms. The third-order valence-corrected chi connectivity index (χ3v) is 4.74. The number of aliphatic imine (C=N–C) groups is 1. The van der Waals surface area contributed by atoms with Crippen molar-refractivity contribution < 1.29 is 9.37 Å². The lowest BCUT2D eigenvalue weighted by atomic mass is 10.1. The summed E-state index contributed by atoms with van der Waals surface area (Å²) in [5.74, 6) is 1.48. The molecule has 0 amide bonds. The molecule has 0 unspecified atom stereocenters. The first-order valence-corrected chi connectivity index (χ1v) is 9.80. The number of hydrogen-bond acceptors (Lipinski definition) is 6. The fraction of sp³-hybridized carbons (Fsp3) is 0.0952. The van der Waals surface area contributed by atoms with Crippen molar-refractivity contribution in [3.63, 3.8) is 0 Å². The average molecular weight is 438 g/mol. The number of imidazole rings is 1. The molecule has 0 aliphatic rings. The van der Waals surface area contributed by atoms with E-state index in [4.69, 9.17) is 11.6 Å². The van der Waals surface area contributed by atoms with Crippen LogP contribution >= 0.6 is 11.6 Å². The molecule has 0 radical (unpaired) electrons. The summed E-state index contributed by atoms with van der Waals surface area (Å²) in [5, 5.41) is 6.69. The molecule has 0 saturated heterocycles. The molecule has 0 fully saturated rings. The molecule has 0 atom stereocenters. The molecule has 4 N–H and O–H groups in total. The van der Waals surface area contributed by atoms with Crippen LogP contribution in [0.2, 0.25) is 5.02 Å². The van der Waals surface area contributed by atoms with Gasteiger partial charge in [-0.25, -0.2) is 19.3 Å². The number of hydrogen-bond donors (Lipinski definition) is 3. The number of aromatic nitrogens is 5. The molecule has 3 aromatic heterocycles. The number of rotatable bonds is 8. The SMILES string of the molecule is C=Nc1ccc(NCCNc2nc(-c3ccc(F)cc3Cl)c(-c3ncc[nH]3)c[nH+]2)nc1. The van der Waals surface area contributed by atoms with Crippen molar-refractivity contribution in [2.45, 2.75) is 0 Å². The van der Waals surface area contributed by atoms with Gasteiger partial charge in [0.2, 0.25) is 0 Å². The van der Waals surface area contributed by atoms with E-state index in [2.05, 4.69) is 47.3 Å². The number of anilines is 2. The topological polar surface area (TPSA) is 105 Å². The van der Waals surface area contributed by atoms with Crippen molar-refractivity contribution in [2.75, 3.05) is 23.7 Å². The van der Waals surface area contributed by atoms with Crippen molar-refractivity contribution in [3.8, 4) is 22.6 Å². The summed E-state index contributed by atoms with van der Waals surface area (Å²) in [7, 11) is 0. The normalized spacial score (nSPS) is 10.6. The predicted octanol–water partition coefficient (Wildman–Crippen LogP) is 4.00. The zero-order valence-electron chi connectivity index (χ0n) is 16.4. The molecule has 3 heterocycles. The zero-order valence-corrected chi connectivity index (χ0v) is 17.1. The minimum atomic E-state index is -0.411. The van der Waals surface area contributed by atoms with Gasteiger partial charge in [-0.3, -0.25) is 10.3 Å². The van der Waals surface area contributed by atoms with E-state index < -0.39 is 5.82 Å². The molecule has 0 bridgehead atoms. The first-order valence-electron chi connectivity index (χ1n) is 9.42. The van der Waals surface area contributed by atoms with Crippen molar-refractivity contribution in [1.82, 2.24) is 19.9 Å². The third kappa shape index (κ3) is 4.84. The largest absolute Gasteiger partial charge is 0.389 e. The van der Waals surface area contributed by atoms with Crippen LogP contribution in [0.3, 0.4) is 0 Å². The smallest absolute Gasteiger partial charge is 0.367 e. The molecular formula is C21H19ClFN8+. The lowest BCUT2D eigenvalue weighted by Gasteiger charge is -2.07. The zero-order chi connectivity index (χ0) is 21.6. The minimum absolute atomic E-state index is 0.266. The van der Waals surface area contributed by atoms with Gasteiger partial charge in [0.15, 0.2) is 5.69 Å². The first-order chi connectivity index (χ1) is 15.1. The van der Waals surface area contributed by atoms with E-state index >= 15 is 0 Å². The Kier molecular flexibility index (Phi) is 6.13. The van der Waals surface area contributed by atoms with Crippen molar-refractivity contribution in [2.24, 2.45) is 4.99 Å². The van der Waals surface area contributed by atoms with Crippen LogP contribution < -0.4 is 15.6 Å². The molecule has 4 aromatic rings. The van der Waals surface area contributed by atoms with Crippen LogP contribution in [-0.4, -0.2) is 39.7 Å². The fourth-order valence-electron chi connectivity index (χ4n) is 2.94. The van der Waals surface area contributed by atoms with Crippen LogP contribution in [0.15, 0.2) is 60.1 Å². The molecule has 10 heteroatoms. The molecule has 156 valence electrons. The molecule has 0 saturated carbocycles. The Morgan fingerprint density at radius 3 is 2.71 bits per heavy atom. The molecule has 4 rings (SSSR count). The number of H-pyrrole nitrogens is 2. The van der Waals surface area contributed by atoms with E-state index in [0.717, 1.165) is 5.82 Å². The number of nitrogens with zero attached hydrogens (tertiary/aromatic N) is 4. The maximum Gasteiger partial charge on any atom is 0.389 e. The summed E-state index contributed by atoms with van der Waals surface area (Å²) in [4.78, 5) is 23.2. The summed E-state index contributed by atoms with van der Waals surface area (Å²) >= 11 is 6.30. The minimum Gasteiger partial charge on any atom is -0.367 e. The maximum absolute atomic E-state index is 13.5. The summed E-state index contributed by atoms with van der Waals surface area (Å²) < 4.78 is 13.5. The van der Waals surface area contributed by atoms with Gasteiger partial charge < -0.3 is 10.3 Å². The van der Waals surface area contributed by atoms with Gasteiger partial charge >= 0.3 is 5.95 Å².